The molecule has 10 heteroatoms. The van der Waals surface area contributed by atoms with E-state index < -0.39 is 0 Å². The first kappa shape index (κ1) is 25.9. The fourth-order valence-electron chi connectivity index (χ4n) is 2.37. The summed E-state index contributed by atoms with van der Waals surface area (Å²) in [6, 6.07) is 15.9. The van der Waals surface area contributed by atoms with Crippen molar-refractivity contribution in [3.05, 3.63) is 65.5 Å². The molecule has 1 saturated heterocycles. The second-order valence-corrected chi connectivity index (χ2v) is 5.76. The monoisotopic (exact) mass is 433 g/mol. The molecule has 1 aromatic heterocycles. The summed E-state index contributed by atoms with van der Waals surface area (Å²) in [4.78, 5) is 35.2. The molecule has 4 rings (SSSR count). The molecule has 2 amide bonds. The van der Waals surface area contributed by atoms with Crippen molar-refractivity contribution >= 4 is 28.5 Å². The maximum Gasteiger partial charge on any atom is 1.00 e. The Balaban J connectivity index is 0.000000223. The molecule has 0 spiro atoms. The van der Waals surface area contributed by atoms with E-state index in [1.807, 2.05) is 43.3 Å². The number of fused-ring (bicyclic) bond motifs is 1. The molecule has 0 saturated carbocycles. The number of amides is 2. The molecule has 0 N–H and O–H groups in total. The molecule has 0 aliphatic carbocycles. The average Bonchev–Trinajstić information content (AvgIpc) is 3.31. The normalized spacial score (nSPS) is 12.1. The van der Waals surface area contributed by atoms with Gasteiger partial charge in [-0.1, -0.05) is 23.9 Å². The number of aromatic nitrogens is 3. The minimum absolute atomic E-state index is 0. The molecule has 0 bridgehead atoms. The quantitative estimate of drug-likeness (QED) is 0.309. The summed E-state index contributed by atoms with van der Waals surface area (Å²) >= 11 is 0. The minimum atomic E-state index is -0.248. The summed E-state index contributed by atoms with van der Waals surface area (Å²) < 4.78 is 0. The predicted molar refractivity (Wildman–Crippen MR) is 104 cm³/mol. The molecular formula is C20H20KN5O4. The van der Waals surface area contributed by atoms with Crippen molar-refractivity contribution < 1.29 is 70.6 Å². The van der Waals surface area contributed by atoms with E-state index in [2.05, 4.69) is 26.1 Å². The number of rotatable bonds is 2. The van der Waals surface area contributed by atoms with Crippen LogP contribution in [-0.4, -0.2) is 46.3 Å². The molecule has 0 unspecified atom stereocenters. The topological polar surface area (TPSA) is 90.9 Å². The number of benzene rings is 2. The molecule has 1 fully saturated rings. The number of aryl methyl sites for hydroxylation is 1. The Morgan fingerprint density at radius 1 is 1.10 bits per heavy atom. The fraction of sp³-hybridized carbons (Fsp3) is 0.250. The zero-order chi connectivity index (χ0) is 21.2. The molecule has 9 nitrogen and oxygen atoms in total. The Bertz CT molecular complexity index is 1020. The third kappa shape index (κ3) is 7.28. The van der Waals surface area contributed by atoms with Crippen molar-refractivity contribution in [2.75, 3.05) is 14.2 Å². The van der Waals surface area contributed by atoms with Crippen LogP contribution in [0.5, 0.6) is 0 Å². The third-order valence-electron chi connectivity index (χ3n) is 3.75. The Labute approximate surface area is 217 Å². The largest absolute Gasteiger partial charge is 1.00 e. The molecule has 2 heterocycles. The molecule has 1 aliphatic rings. The zero-order valence-electron chi connectivity index (χ0n) is 17.3. The summed E-state index contributed by atoms with van der Waals surface area (Å²) in [5, 5.41) is 8.43. The van der Waals surface area contributed by atoms with Crippen LogP contribution in [0.15, 0.2) is 42.5 Å². The van der Waals surface area contributed by atoms with Crippen molar-refractivity contribution in [1.82, 2.24) is 20.2 Å². The molecule has 0 radical (unpaired) electrons. The number of hydrogen-bond donors (Lipinski definition) is 0. The van der Waals surface area contributed by atoms with Crippen LogP contribution in [0.2, 0.25) is 0 Å². The van der Waals surface area contributed by atoms with E-state index in [4.69, 9.17) is 11.4 Å². The number of para-hydroxylation sites is 1. The summed E-state index contributed by atoms with van der Waals surface area (Å²) in [5.74, 6) is -0.495. The summed E-state index contributed by atoms with van der Waals surface area (Å²) in [7, 11) is 2.86. The Morgan fingerprint density at radius 3 is 2.27 bits per heavy atom. The number of carbonyl (C=O) groups is 2. The molecule has 0 atom stereocenters. The summed E-state index contributed by atoms with van der Waals surface area (Å²) in [6.45, 7) is 8.59. The number of imide groups is 1. The van der Waals surface area contributed by atoms with Crippen LogP contribution >= 0.6 is 0 Å². The van der Waals surface area contributed by atoms with Gasteiger partial charge in [-0.3, -0.25) is 19.3 Å². The Hall–Kier alpha value is -2.13. The molecule has 2 aromatic carbocycles. The van der Waals surface area contributed by atoms with E-state index in [-0.39, 0.29) is 76.0 Å². The van der Waals surface area contributed by atoms with Crippen LogP contribution in [0.1, 0.15) is 18.4 Å². The Kier molecular flexibility index (Phi) is 11.4. The third-order valence-corrected chi connectivity index (χ3v) is 3.75. The zero-order valence-corrected chi connectivity index (χ0v) is 20.4. The van der Waals surface area contributed by atoms with Gasteiger partial charge in [0.25, 0.3) is 11.8 Å². The minimum Gasteiger partial charge on any atom is -0.398 e. The molecule has 150 valence electrons. The van der Waals surface area contributed by atoms with Gasteiger partial charge in [-0.25, -0.2) is 0 Å². The van der Waals surface area contributed by atoms with Crippen molar-refractivity contribution in [3.63, 3.8) is 0 Å². The van der Waals surface area contributed by atoms with Gasteiger partial charge in [-0.15, -0.1) is 5.10 Å². The van der Waals surface area contributed by atoms with Gasteiger partial charge < -0.3 is 4.84 Å². The van der Waals surface area contributed by atoms with E-state index >= 15 is 0 Å². The van der Waals surface area contributed by atoms with Gasteiger partial charge in [0.1, 0.15) is 18.1 Å². The van der Waals surface area contributed by atoms with Crippen molar-refractivity contribution in [1.29, 1.82) is 0 Å². The smallest absolute Gasteiger partial charge is 0.398 e. The van der Waals surface area contributed by atoms with Crippen LogP contribution in [0.3, 0.4) is 0 Å². The van der Waals surface area contributed by atoms with Crippen LogP contribution in [0.4, 0.5) is 5.69 Å². The van der Waals surface area contributed by atoms with E-state index in [1.54, 1.807) is 13.2 Å². The predicted octanol–water partition coefficient (Wildman–Crippen LogP) is -0.463. The van der Waals surface area contributed by atoms with Crippen LogP contribution in [0, 0.1) is 19.6 Å². The fourth-order valence-corrected chi connectivity index (χ4v) is 2.37. The first-order valence-corrected chi connectivity index (χ1v) is 8.60. The van der Waals surface area contributed by atoms with Crippen LogP contribution < -0.4 is 56.2 Å². The van der Waals surface area contributed by atoms with Crippen LogP contribution in [-0.2, 0) is 14.4 Å². The van der Waals surface area contributed by atoms with Crippen molar-refractivity contribution in [3.8, 4) is 0 Å². The molecule has 1 aliphatic heterocycles. The standard InChI is InChI=1S/C8H6N.C7H7N3O.C5H7NO3.K/c1-7-4-3-5-8(6-7)9-2;1-11-10-7-5-3-2-4-6(7)8-9-10;1-9-6-4(7)2-3-5(6)8;/h3-4,6H,1H3;2-5H,1H3;2-3H2,1H3;/q-1;;;+1. The van der Waals surface area contributed by atoms with Gasteiger partial charge in [0, 0.05) is 12.8 Å². The first-order chi connectivity index (χ1) is 14.0. The second-order valence-electron chi connectivity index (χ2n) is 5.76. The van der Waals surface area contributed by atoms with Gasteiger partial charge in [0.05, 0.1) is 19.4 Å². The maximum atomic E-state index is 10.6. The van der Waals surface area contributed by atoms with E-state index in [9.17, 15) is 9.59 Å². The SMILES string of the molecule is CON1C(=O)CCC1=O.COn1nnc2ccccc21.[C-]#[N+]c1[c-]ccc(C)c1.[K+]. The second kappa shape index (κ2) is 13.2. The van der Waals surface area contributed by atoms with Gasteiger partial charge in [-0.2, -0.15) is 34.9 Å². The van der Waals surface area contributed by atoms with Gasteiger partial charge >= 0.3 is 51.4 Å². The van der Waals surface area contributed by atoms with Gasteiger partial charge in [0.15, 0.2) is 0 Å². The number of hydroxylamine groups is 2. The summed E-state index contributed by atoms with van der Waals surface area (Å²) in [5.41, 5.74) is 3.43. The van der Waals surface area contributed by atoms with E-state index in [0.29, 0.717) is 5.69 Å². The van der Waals surface area contributed by atoms with Crippen LogP contribution in [0.25, 0.3) is 15.9 Å². The number of carbonyl (C=O) groups excluding carboxylic acids is 2. The summed E-state index contributed by atoms with van der Waals surface area (Å²) in [6.07, 6.45) is 0.569. The average molecular weight is 434 g/mol. The van der Waals surface area contributed by atoms with E-state index in [0.717, 1.165) is 21.7 Å². The van der Waals surface area contributed by atoms with Gasteiger partial charge in [0.2, 0.25) is 0 Å². The van der Waals surface area contributed by atoms with Crippen molar-refractivity contribution in [2.24, 2.45) is 0 Å². The maximum absolute atomic E-state index is 10.6. The van der Waals surface area contributed by atoms with Crippen molar-refractivity contribution in [2.45, 2.75) is 19.8 Å². The first-order valence-electron chi connectivity index (χ1n) is 8.60. The molecular weight excluding hydrogens is 413 g/mol. The molecule has 3 aromatic rings. The molecule has 30 heavy (non-hydrogen) atoms. The van der Waals surface area contributed by atoms with Gasteiger partial charge in [-0.05, 0) is 17.3 Å². The van der Waals surface area contributed by atoms with E-state index in [1.165, 1.54) is 12.0 Å². The number of nitrogens with zero attached hydrogens (tertiary/aromatic N) is 5. The Morgan fingerprint density at radius 2 is 1.77 bits per heavy atom. The number of hydrogen-bond acceptors (Lipinski definition) is 6.